The molecule has 1 aromatic carbocycles. The van der Waals surface area contributed by atoms with Crippen molar-refractivity contribution in [3.05, 3.63) is 34.9 Å². The van der Waals surface area contributed by atoms with Gasteiger partial charge in [0.05, 0.1) is 0 Å². The molecule has 0 aliphatic rings. The molecule has 0 atom stereocenters. The first-order valence-electron chi connectivity index (χ1n) is 5.42. The Morgan fingerprint density at radius 3 is 2.88 bits per heavy atom. The maximum absolute atomic E-state index is 10.8. The van der Waals surface area contributed by atoms with Crippen molar-refractivity contribution in [3.63, 3.8) is 0 Å². The minimum atomic E-state index is -0.0595. The van der Waals surface area contributed by atoms with E-state index in [1.165, 1.54) is 6.92 Å². The van der Waals surface area contributed by atoms with Crippen LogP contribution in [0.3, 0.4) is 0 Å². The molecule has 3 heteroatoms. The van der Waals surface area contributed by atoms with Gasteiger partial charge >= 0.3 is 0 Å². The van der Waals surface area contributed by atoms with E-state index in [0.29, 0.717) is 18.5 Å². The molecular weight excluding hydrogens is 214 g/mol. The Labute approximate surface area is 101 Å². The predicted octanol–water partition coefficient (Wildman–Crippen LogP) is 1.69. The number of hydrogen-bond acceptors (Lipinski definition) is 2. The Balaban J connectivity index is 2.65. The van der Waals surface area contributed by atoms with E-state index < -0.39 is 0 Å². The molecule has 0 unspecified atom stereocenters. The van der Waals surface area contributed by atoms with Crippen molar-refractivity contribution in [1.82, 2.24) is 5.32 Å². The first kappa shape index (κ1) is 13.0. The van der Waals surface area contributed by atoms with Crippen molar-refractivity contribution < 1.29 is 9.59 Å². The molecule has 1 rings (SSSR count). The number of carbonyl (C=O) groups excluding carboxylic acids is 2. The van der Waals surface area contributed by atoms with Crippen LogP contribution in [0.25, 0.3) is 0 Å². The highest BCUT2D eigenvalue weighted by atomic mass is 16.1. The smallest absolute Gasteiger partial charge is 0.216 e. The van der Waals surface area contributed by atoms with Crippen LogP contribution < -0.4 is 5.32 Å². The van der Waals surface area contributed by atoms with Gasteiger partial charge < -0.3 is 5.32 Å². The zero-order chi connectivity index (χ0) is 12.7. The first-order valence-corrected chi connectivity index (χ1v) is 5.42. The van der Waals surface area contributed by atoms with Crippen LogP contribution in [0.2, 0.25) is 0 Å². The van der Waals surface area contributed by atoms with Crippen molar-refractivity contribution in [2.75, 3.05) is 6.54 Å². The van der Waals surface area contributed by atoms with Gasteiger partial charge in [-0.2, -0.15) is 0 Å². The number of aryl methyl sites for hydroxylation is 1. The van der Waals surface area contributed by atoms with E-state index in [0.717, 1.165) is 17.4 Å². The third-order valence-corrected chi connectivity index (χ3v) is 2.18. The molecular formula is C14H15NO2. The first-order chi connectivity index (χ1) is 8.13. The lowest BCUT2D eigenvalue weighted by Gasteiger charge is -1.98. The van der Waals surface area contributed by atoms with Crippen LogP contribution in [0.15, 0.2) is 18.2 Å². The summed E-state index contributed by atoms with van der Waals surface area (Å²) in [6.45, 7) is 3.93. The van der Waals surface area contributed by atoms with Gasteiger partial charge in [-0.3, -0.25) is 9.59 Å². The van der Waals surface area contributed by atoms with Gasteiger partial charge in [0.25, 0.3) is 0 Å². The highest BCUT2D eigenvalue weighted by Crippen LogP contribution is 2.08. The van der Waals surface area contributed by atoms with Gasteiger partial charge in [0.1, 0.15) is 0 Å². The molecule has 0 aromatic heterocycles. The van der Waals surface area contributed by atoms with Gasteiger partial charge in [0.15, 0.2) is 6.29 Å². The van der Waals surface area contributed by atoms with Crippen LogP contribution in [0.1, 0.15) is 34.8 Å². The van der Waals surface area contributed by atoms with Crippen molar-refractivity contribution in [2.45, 2.75) is 20.3 Å². The number of amides is 1. The Kier molecular flexibility index (Phi) is 4.96. The molecule has 1 amide bonds. The summed E-state index contributed by atoms with van der Waals surface area (Å²) in [5, 5.41) is 2.66. The van der Waals surface area contributed by atoms with Crippen LogP contribution in [0, 0.1) is 18.8 Å². The molecule has 0 radical (unpaired) electrons. The number of carbonyl (C=O) groups is 2. The molecule has 88 valence electrons. The second kappa shape index (κ2) is 6.49. The molecule has 0 aliphatic carbocycles. The molecule has 1 aromatic rings. The van der Waals surface area contributed by atoms with Gasteiger partial charge in [-0.1, -0.05) is 23.5 Å². The number of hydrogen-bond donors (Lipinski definition) is 1. The van der Waals surface area contributed by atoms with E-state index in [-0.39, 0.29) is 5.91 Å². The second-order valence-corrected chi connectivity index (χ2v) is 3.74. The number of benzene rings is 1. The molecule has 0 aliphatic heterocycles. The summed E-state index contributed by atoms with van der Waals surface area (Å²) < 4.78 is 0. The molecule has 17 heavy (non-hydrogen) atoms. The molecule has 0 bridgehead atoms. The zero-order valence-electron chi connectivity index (χ0n) is 10.0. The molecule has 0 fully saturated rings. The summed E-state index contributed by atoms with van der Waals surface area (Å²) in [5.41, 5.74) is 2.38. The Bertz CT molecular complexity index is 481. The fourth-order valence-corrected chi connectivity index (χ4v) is 1.35. The zero-order valence-corrected chi connectivity index (χ0v) is 10.0. The van der Waals surface area contributed by atoms with E-state index in [2.05, 4.69) is 17.2 Å². The van der Waals surface area contributed by atoms with E-state index in [1.807, 2.05) is 25.1 Å². The van der Waals surface area contributed by atoms with Gasteiger partial charge in [-0.25, -0.2) is 0 Å². The lowest BCUT2D eigenvalue weighted by Crippen LogP contribution is -2.20. The lowest BCUT2D eigenvalue weighted by atomic mass is 10.1. The van der Waals surface area contributed by atoms with Crippen LogP contribution in [0.5, 0.6) is 0 Å². The molecule has 3 nitrogen and oxygen atoms in total. The third-order valence-electron chi connectivity index (χ3n) is 2.18. The monoisotopic (exact) mass is 229 g/mol. The average Bonchev–Trinajstić information content (AvgIpc) is 2.29. The van der Waals surface area contributed by atoms with Gasteiger partial charge in [0, 0.05) is 31.0 Å². The summed E-state index contributed by atoms with van der Waals surface area (Å²) in [6.07, 6.45) is 1.39. The van der Waals surface area contributed by atoms with E-state index in [1.54, 1.807) is 0 Å². The van der Waals surface area contributed by atoms with Crippen molar-refractivity contribution in [1.29, 1.82) is 0 Å². The summed E-state index contributed by atoms with van der Waals surface area (Å²) in [4.78, 5) is 21.4. The third kappa shape index (κ3) is 4.52. The highest BCUT2D eigenvalue weighted by Gasteiger charge is 1.97. The summed E-state index contributed by atoms with van der Waals surface area (Å²) in [5.74, 6) is 5.80. The van der Waals surface area contributed by atoms with Crippen molar-refractivity contribution >= 4 is 12.2 Å². The van der Waals surface area contributed by atoms with Gasteiger partial charge in [-0.15, -0.1) is 0 Å². The normalized spacial score (nSPS) is 9.06. The molecule has 0 saturated heterocycles. The van der Waals surface area contributed by atoms with Crippen molar-refractivity contribution in [3.8, 4) is 11.8 Å². The predicted molar refractivity (Wildman–Crippen MR) is 66.7 cm³/mol. The fraction of sp³-hybridized carbons (Fsp3) is 0.286. The Morgan fingerprint density at radius 1 is 1.47 bits per heavy atom. The van der Waals surface area contributed by atoms with Gasteiger partial charge in [-0.05, 0) is 19.1 Å². The quantitative estimate of drug-likeness (QED) is 0.487. The molecule has 0 saturated carbocycles. The van der Waals surface area contributed by atoms with Crippen LogP contribution in [0.4, 0.5) is 0 Å². The SMILES string of the molecule is CC(=O)NCCC#Cc1ccc(C)cc1C=O. The topological polar surface area (TPSA) is 46.2 Å². The Morgan fingerprint density at radius 2 is 2.24 bits per heavy atom. The summed E-state index contributed by atoms with van der Waals surface area (Å²) in [6, 6.07) is 5.57. The minimum absolute atomic E-state index is 0.0595. The largest absolute Gasteiger partial charge is 0.355 e. The van der Waals surface area contributed by atoms with Crippen molar-refractivity contribution in [2.24, 2.45) is 0 Å². The van der Waals surface area contributed by atoms with E-state index in [4.69, 9.17) is 0 Å². The summed E-state index contributed by atoms with van der Waals surface area (Å²) >= 11 is 0. The molecule has 1 N–H and O–H groups in total. The minimum Gasteiger partial charge on any atom is -0.355 e. The van der Waals surface area contributed by atoms with E-state index in [9.17, 15) is 9.59 Å². The molecule has 0 spiro atoms. The van der Waals surface area contributed by atoms with E-state index >= 15 is 0 Å². The van der Waals surface area contributed by atoms with Crippen LogP contribution >= 0.6 is 0 Å². The van der Waals surface area contributed by atoms with Crippen LogP contribution in [-0.2, 0) is 4.79 Å². The number of rotatable bonds is 3. The maximum Gasteiger partial charge on any atom is 0.216 e. The second-order valence-electron chi connectivity index (χ2n) is 3.74. The van der Waals surface area contributed by atoms with Gasteiger partial charge in [0.2, 0.25) is 5.91 Å². The average molecular weight is 229 g/mol. The lowest BCUT2D eigenvalue weighted by molar-refractivity contribution is -0.118. The highest BCUT2D eigenvalue weighted by molar-refractivity contribution is 5.79. The fourth-order valence-electron chi connectivity index (χ4n) is 1.35. The van der Waals surface area contributed by atoms with Crippen LogP contribution in [-0.4, -0.2) is 18.7 Å². The standard InChI is InChI=1S/C14H15NO2/c1-11-6-7-13(14(9-11)10-16)5-3-4-8-15-12(2)17/h6-7,9-10H,4,8H2,1-2H3,(H,15,17). The summed E-state index contributed by atoms with van der Waals surface area (Å²) in [7, 11) is 0. The maximum atomic E-state index is 10.8. The molecule has 0 heterocycles. The Hall–Kier alpha value is -2.08. The number of aldehydes is 1. The number of nitrogens with one attached hydrogen (secondary N) is 1.